The lowest BCUT2D eigenvalue weighted by Crippen LogP contribution is -2.26. The number of alkyl halides is 1. The summed E-state index contributed by atoms with van der Waals surface area (Å²) in [6.07, 6.45) is 2.77. The molecular formula is C11H15Br2NS. The van der Waals surface area contributed by atoms with Crippen molar-refractivity contribution in [3.05, 3.63) is 20.8 Å². The van der Waals surface area contributed by atoms with Crippen LogP contribution in [-0.2, 0) is 6.54 Å². The highest BCUT2D eigenvalue weighted by Crippen LogP contribution is 2.47. The van der Waals surface area contributed by atoms with Crippen LogP contribution in [0.1, 0.15) is 17.7 Å². The third-order valence-corrected chi connectivity index (χ3v) is 5.77. The predicted molar refractivity (Wildman–Crippen MR) is 73.8 cm³/mol. The average Bonchev–Trinajstić information content (AvgIpc) is 2.84. The number of rotatable bonds is 5. The Balaban J connectivity index is 1.84. The van der Waals surface area contributed by atoms with E-state index in [0.29, 0.717) is 5.41 Å². The maximum absolute atomic E-state index is 3.62. The molecule has 2 rings (SSSR count). The Hall–Kier alpha value is 0.620. The molecule has 0 amide bonds. The van der Waals surface area contributed by atoms with Gasteiger partial charge < -0.3 is 4.90 Å². The zero-order valence-electron chi connectivity index (χ0n) is 8.80. The summed E-state index contributed by atoms with van der Waals surface area (Å²) in [5.74, 6) is 0. The van der Waals surface area contributed by atoms with E-state index in [-0.39, 0.29) is 0 Å². The summed E-state index contributed by atoms with van der Waals surface area (Å²) in [4.78, 5) is 3.88. The van der Waals surface area contributed by atoms with Crippen molar-refractivity contribution in [2.45, 2.75) is 19.4 Å². The van der Waals surface area contributed by atoms with Crippen LogP contribution in [0.5, 0.6) is 0 Å². The fourth-order valence-electron chi connectivity index (χ4n) is 1.84. The largest absolute Gasteiger partial charge is 0.301 e. The lowest BCUT2D eigenvalue weighted by molar-refractivity contribution is 0.273. The van der Waals surface area contributed by atoms with Gasteiger partial charge in [-0.2, -0.15) is 0 Å². The maximum atomic E-state index is 3.62. The van der Waals surface area contributed by atoms with Gasteiger partial charge in [0.1, 0.15) is 0 Å². The zero-order valence-corrected chi connectivity index (χ0v) is 12.8. The van der Waals surface area contributed by atoms with E-state index in [4.69, 9.17) is 0 Å². The summed E-state index contributed by atoms with van der Waals surface area (Å²) in [7, 11) is 2.22. The van der Waals surface area contributed by atoms with E-state index < -0.39 is 0 Å². The van der Waals surface area contributed by atoms with Gasteiger partial charge in [-0.05, 0) is 47.3 Å². The molecule has 1 saturated carbocycles. The van der Waals surface area contributed by atoms with Gasteiger partial charge in [0.15, 0.2) is 0 Å². The molecule has 0 aromatic carbocycles. The van der Waals surface area contributed by atoms with Crippen LogP contribution in [0.3, 0.4) is 0 Å². The van der Waals surface area contributed by atoms with Crippen molar-refractivity contribution in [3.8, 4) is 0 Å². The van der Waals surface area contributed by atoms with Crippen LogP contribution in [0, 0.1) is 5.41 Å². The third kappa shape index (κ3) is 3.29. The van der Waals surface area contributed by atoms with Crippen molar-refractivity contribution in [2.24, 2.45) is 5.41 Å². The summed E-state index contributed by atoms with van der Waals surface area (Å²) in [6.45, 7) is 2.29. The molecule has 0 radical (unpaired) electrons. The Morgan fingerprint density at radius 1 is 1.53 bits per heavy atom. The van der Waals surface area contributed by atoms with Crippen molar-refractivity contribution in [3.63, 3.8) is 0 Å². The van der Waals surface area contributed by atoms with Crippen LogP contribution < -0.4 is 0 Å². The number of nitrogens with zero attached hydrogens (tertiary/aromatic N) is 1. The Morgan fingerprint density at radius 3 is 2.73 bits per heavy atom. The maximum Gasteiger partial charge on any atom is 0.0325 e. The standard InChI is InChI=1S/C11H15Br2NS/c1-14(8-11(7-12)2-3-11)5-10-4-9(13)6-15-10/h4,6H,2-3,5,7-8H2,1H3. The van der Waals surface area contributed by atoms with Gasteiger partial charge in [-0.25, -0.2) is 0 Å². The van der Waals surface area contributed by atoms with Crippen molar-refractivity contribution >= 4 is 43.2 Å². The highest BCUT2D eigenvalue weighted by Gasteiger charge is 2.42. The molecule has 0 N–H and O–H groups in total. The Kier molecular flexibility index (Phi) is 3.92. The van der Waals surface area contributed by atoms with E-state index in [1.165, 1.54) is 28.7 Å². The average molecular weight is 353 g/mol. The molecule has 1 aromatic heterocycles. The number of halogens is 2. The van der Waals surface area contributed by atoms with Gasteiger partial charge in [-0.3, -0.25) is 0 Å². The highest BCUT2D eigenvalue weighted by molar-refractivity contribution is 9.10. The van der Waals surface area contributed by atoms with E-state index in [2.05, 4.69) is 55.3 Å². The van der Waals surface area contributed by atoms with Crippen molar-refractivity contribution in [1.29, 1.82) is 0 Å². The fourth-order valence-corrected chi connectivity index (χ4v) is 4.11. The Bertz CT molecular complexity index is 333. The molecule has 0 atom stereocenters. The van der Waals surface area contributed by atoms with Crippen molar-refractivity contribution in [2.75, 3.05) is 18.9 Å². The molecule has 1 fully saturated rings. The van der Waals surface area contributed by atoms with Crippen LogP contribution in [-0.4, -0.2) is 23.8 Å². The van der Waals surface area contributed by atoms with Gasteiger partial charge in [0.25, 0.3) is 0 Å². The predicted octanol–water partition coefficient (Wildman–Crippen LogP) is 4.12. The van der Waals surface area contributed by atoms with Crippen molar-refractivity contribution < 1.29 is 0 Å². The van der Waals surface area contributed by atoms with Gasteiger partial charge in [-0.15, -0.1) is 11.3 Å². The quantitative estimate of drug-likeness (QED) is 0.720. The normalized spacial score (nSPS) is 18.4. The first-order valence-corrected chi connectivity index (χ1v) is 7.90. The number of hydrogen-bond donors (Lipinski definition) is 0. The monoisotopic (exact) mass is 351 g/mol. The van der Waals surface area contributed by atoms with E-state index in [0.717, 1.165) is 11.9 Å². The van der Waals surface area contributed by atoms with Gasteiger partial charge >= 0.3 is 0 Å². The smallest absolute Gasteiger partial charge is 0.0325 e. The Labute approximate surface area is 112 Å². The molecule has 1 nitrogen and oxygen atoms in total. The molecule has 0 saturated heterocycles. The first kappa shape index (κ1) is 12.1. The summed E-state index contributed by atoms with van der Waals surface area (Å²) in [5, 5.41) is 3.30. The fraction of sp³-hybridized carbons (Fsp3) is 0.636. The second-order valence-electron chi connectivity index (χ2n) is 4.54. The first-order chi connectivity index (χ1) is 7.13. The second kappa shape index (κ2) is 4.86. The van der Waals surface area contributed by atoms with E-state index >= 15 is 0 Å². The first-order valence-electron chi connectivity index (χ1n) is 5.11. The SMILES string of the molecule is CN(Cc1cc(Br)cs1)CC1(CBr)CC1. The molecule has 1 aromatic rings. The molecule has 15 heavy (non-hydrogen) atoms. The summed E-state index contributed by atoms with van der Waals surface area (Å²) >= 11 is 8.95. The molecule has 0 aliphatic heterocycles. The Morgan fingerprint density at radius 2 is 2.27 bits per heavy atom. The van der Waals surface area contributed by atoms with Crippen LogP contribution in [0.15, 0.2) is 15.9 Å². The minimum atomic E-state index is 0.587. The number of thiophene rings is 1. The van der Waals surface area contributed by atoms with Crippen LogP contribution in [0.25, 0.3) is 0 Å². The summed E-state index contributed by atoms with van der Waals surface area (Å²) in [5.41, 5.74) is 0.587. The second-order valence-corrected chi connectivity index (χ2v) is 7.01. The topological polar surface area (TPSA) is 3.24 Å². The summed E-state index contributed by atoms with van der Waals surface area (Å²) < 4.78 is 1.21. The zero-order chi connectivity index (χ0) is 10.9. The van der Waals surface area contributed by atoms with Crippen LogP contribution >= 0.6 is 43.2 Å². The minimum Gasteiger partial charge on any atom is -0.301 e. The van der Waals surface area contributed by atoms with Crippen LogP contribution in [0.2, 0.25) is 0 Å². The molecule has 0 bridgehead atoms. The van der Waals surface area contributed by atoms with Gasteiger partial charge in [0.05, 0.1) is 0 Å². The molecular weight excluding hydrogens is 338 g/mol. The molecule has 4 heteroatoms. The molecule has 1 aliphatic rings. The third-order valence-electron chi connectivity index (χ3n) is 2.89. The molecule has 84 valence electrons. The van der Waals surface area contributed by atoms with E-state index in [1.807, 2.05) is 11.3 Å². The van der Waals surface area contributed by atoms with Gasteiger partial charge in [0, 0.05) is 33.1 Å². The van der Waals surface area contributed by atoms with Gasteiger partial charge in [0.2, 0.25) is 0 Å². The molecule has 0 spiro atoms. The number of hydrogen-bond acceptors (Lipinski definition) is 2. The molecule has 1 aliphatic carbocycles. The molecule has 1 heterocycles. The van der Waals surface area contributed by atoms with Gasteiger partial charge in [-0.1, -0.05) is 15.9 Å². The van der Waals surface area contributed by atoms with Crippen molar-refractivity contribution in [1.82, 2.24) is 4.90 Å². The van der Waals surface area contributed by atoms with Crippen LogP contribution in [0.4, 0.5) is 0 Å². The highest BCUT2D eigenvalue weighted by atomic mass is 79.9. The van der Waals surface area contributed by atoms with E-state index in [9.17, 15) is 0 Å². The lowest BCUT2D eigenvalue weighted by atomic mass is 10.1. The minimum absolute atomic E-state index is 0.587. The lowest BCUT2D eigenvalue weighted by Gasteiger charge is -2.21. The van der Waals surface area contributed by atoms with E-state index in [1.54, 1.807) is 0 Å². The summed E-state index contributed by atoms with van der Waals surface area (Å²) in [6, 6.07) is 2.22. The molecule has 0 unspecified atom stereocenters.